The minimum absolute atomic E-state index is 0.284. The number of hydrogen-bond acceptors (Lipinski definition) is 4. The third-order valence-electron chi connectivity index (χ3n) is 2.49. The summed E-state index contributed by atoms with van der Waals surface area (Å²) in [6.07, 6.45) is 0. The maximum atomic E-state index is 11.7. The van der Waals surface area contributed by atoms with Gasteiger partial charge in [0.2, 0.25) is 0 Å². The number of carboxylic acid groups (broad SMARTS) is 1. The van der Waals surface area contributed by atoms with E-state index in [1.54, 1.807) is 20.8 Å². The van der Waals surface area contributed by atoms with E-state index in [1.807, 2.05) is 12.3 Å². The van der Waals surface area contributed by atoms with E-state index in [0.29, 0.717) is 0 Å². The molecule has 3 N–H and O–H groups in total. The van der Waals surface area contributed by atoms with Crippen LogP contribution in [-0.4, -0.2) is 28.1 Å². The van der Waals surface area contributed by atoms with Gasteiger partial charge in [0.05, 0.1) is 17.2 Å². The first-order chi connectivity index (χ1) is 8.70. The lowest BCUT2D eigenvalue weighted by molar-refractivity contribution is -0.141. The Morgan fingerprint density at radius 2 is 2.11 bits per heavy atom. The molecule has 0 saturated carbocycles. The molecule has 1 aromatic heterocycles. The topological polar surface area (TPSA) is 91.3 Å². The number of rotatable bonds is 4. The van der Waals surface area contributed by atoms with Gasteiger partial charge in [0.25, 0.3) is 0 Å². The zero-order valence-corrected chi connectivity index (χ0v) is 12.3. The fourth-order valence-corrected chi connectivity index (χ4v) is 2.10. The molecule has 0 aliphatic heterocycles. The largest absolute Gasteiger partial charge is 0.480 e. The highest BCUT2D eigenvalue weighted by atomic mass is 32.1. The van der Waals surface area contributed by atoms with E-state index in [0.717, 1.165) is 10.7 Å². The predicted octanol–water partition coefficient (Wildman–Crippen LogP) is 1.75. The van der Waals surface area contributed by atoms with Crippen LogP contribution in [-0.2, 0) is 11.3 Å². The quantitative estimate of drug-likeness (QED) is 0.786. The molecule has 0 radical (unpaired) electrons. The molecule has 0 fully saturated rings. The lowest BCUT2D eigenvalue weighted by Gasteiger charge is -2.27. The van der Waals surface area contributed by atoms with Gasteiger partial charge in [0.1, 0.15) is 6.04 Å². The summed E-state index contributed by atoms with van der Waals surface area (Å²) in [5, 5.41) is 16.9. The SMILES string of the molecule is Cc1nc(CNC(=O)N[C@@H](C(=O)O)C(C)(C)C)cs1. The number of thiazole rings is 1. The summed E-state index contributed by atoms with van der Waals surface area (Å²) in [5.41, 5.74) is 0.209. The van der Waals surface area contributed by atoms with E-state index < -0.39 is 23.5 Å². The Labute approximate surface area is 116 Å². The zero-order valence-electron chi connectivity index (χ0n) is 11.5. The summed E-state index contributed by atoms with van der Waals surface area (Å²) in [6, 6.07) is -1.45. The molecule has 0 aromatic carbocycles. The average molecular weight is 285 g/mol. The van der Waals surface area contributed by atoms with Crippen LogP contribution in [0.2, 0.25) is 0 Å². The minimum atomic E-state index is -1.05. The molecular formula is C12H19N3O3S. The van der Waals surface area contributed by atoms with Crippen molar-refractivity contribution in [3.05, 3.63) is 16.1 Å². The summed E-state index contributed by atoms with van der Waals surface area (Å²) in [6.45, 7) is 7.45. The first-order valence-electron chi connectivity index (χ1n) is 5.88. The normalized spacial score (nSPS) is 12.8. The van der Waals surface area contributed by atoms with E-state index in [1.165, 1.54) is 11.3 Å². The van der Waals surface area contributed by atoms with E-state index in [2.05, 4.69) is 15.6 Å². The fourth-order valence-electron chi connectivity index (χ4n) is 1.49. The van der Waals surface area contributed by atoms with Crippen molar-refractivity contribution in [3.63, 3.8) is 0 Å². The van der Waals surface area contributed by atoms with Gasteiger partial charge in [-0.1, -0.05) is 20.8 Å². The molecule has 1 aromatic rings. The van der Waals surface area contributed by atoms with Crippen LogP contribution in [0.4, 0.5) is 4.79 Å². The van der Waals surface area contributed by atoms with Crippen LogP contribution >= 0.6 is 11.3 Å². The average Bonchev–Trinajstić information content (AvgIpc) is 2.67. The molecule has 6 nitrogen and oxygen atoms in total. The van der Waals surface area contributed by atoms with Gasteiger partial charge in [-0.3, -0.25) is 0 Å². The fraction of sp³-hybridized carbons (Fsp3) is 0.583. The van der Waals surface area contributed by atoms with Crippen LogP contribution < -0.4 is 10.6 Å². The summed E-state index contributed by atoms with van der Waals surface area (Å²) >= 11 is 1.50. The first-order valence-corrected chi connectivity index (χ1v) is 6.76. The number of carboxylic acids is 1. The van der Waals surface area contributed by atoms with E-state index in [4.69, 9.17) is 5.11 Å². The predicted molar refractivity (Wildman–Crippen MR) is 73.1 cm³/mol. The number of aromatic nitrogens is 1. The Kier molecular flexibility index (Phi) is 4.88. The molecule has 0 spiro atoms. The van der Waals surface area contributed by atoms with Crippen molar-refractivity contribution < 1.29 is 14.7 Å². The summed E-state index contributed by atoms with van der Waals surface area (Å²) in [7, 11) is 0. The van der Waals surface area contributed by atoms with Gasteiger partial charge in [-0.15, -0.1) is 11.3 Å². The third-order valence-corrected chi connectivity index (χ3v) is 3.31. The summed E-state index contributed by atoms with van der Waals surface area (Å²) < 4.78 is 0. The lowest BCUT2D eigenvalue weighted by atomic mass is 9.87. The minimum Gasteiger partial charge on any atom is -0.480 e. The van der Waals surface area contributed by atoms with Crippen molar-refractivity contribution >= 4 is 23.3 Å². The van der Waals surface area contributed by atoms with Gasteiger partial charge in [-0.2, -0.15) is 0 Å². The summed E-state index contributed by atoms with van der Waals surface area (Å²) in [5.74, 6) is -1.05. The number of nitrogens with one attached hydrogen (secondary N) is 2. The van der Waals surface area contributed by atoms with Crippen molar-refractivity contribution in [3.8, 4) is 0 Å². The van der Waals surface area contributed by atoms with Gasteiger partial charge in [0, 0.05) is 5.38 Å². The van der Waals surface area contributed by atoms with Gasteiger partial charge in [-0.25, -0.2) is 14.6 Å². The third kappa shape index (κ3) is 4.86. The highest BCUT2D eigenvalue weighted by Gasteiger charge is 2.32. The Morgan fingerprint density at radius 1 is 1.47 bits per heavy atom. The molecule has 1 rings (SSSR count). The highest BCUT2D eigenvalue weighted by molar-refractivity contribution is 7.09. The number of aryl methyl sites for hydroxylation is 1. The highest BCUT2D eigenvalue weighted by Crippen LogP contribution is 2.19. The molecule has 0 unspecified atom stereocenters. The number of urea groups is 1. The first kappa shape index (κ1) is 15.4. The molecule has 19 heavy (non-hydrogen) atoms. The van der Waals surface area contributed by atoms with E-state index >= 15 is 0 Å². The van der Waals surface area contributed by atoms with Crippen molar-refractivity contribution in [2.45, 2.75) is 40.3 Å². The lowest BCUT2D eigenvalue weighted by Crippen LogP contribution is -2.52. The monoisotopic (exact) mass is 285 g/mol. The van der Waals surface area contributed by atoms with Gasteiger partial charge < -0.3 is 15.7 Å². The van der Waals surface area contributed by atoms with Gasteiger partial charge >= 0.3 is 12.0 Å². The number of carbonyl (C=O) groups excluding carboxylic acids is 1. The van der Waals surface area contributed by atoms with Crippen LogP contribution in [0.1, 0.15) is 31.5 Å². The standard InChI is InChI=1S/C12H19N3O3S/c1-7-14-8(6-19-7)5-13-11(18)15-9(10(16)17)12(2,3)4/h6,9H,5H2,1-4H3,(H,16,17)(H2,13,15,18)/t9-/m0/s1. The molecule has 0 saturated heterocycles. The van der Waals surface area contributed by atoms with Crippen LogP contribution in [0.5, 0.6) is 0 Å². The number of hydrogen-bond donors (Lipinski definition) is 3. The maximum Gasteiger partial charge on any atom is 0.326 e. The Morgan fingerprint density at radius 3 is 2.53 bits per heavy atom. The molecule has 106 valence electrons. The van der Waals surface area contributed by atoms with Gasteiger partial charge in [-0.05, 0) is 12.3 Å². The van der Waals surface area contributed by atoms with Crippen molar-refractivity contribution in [2.24, 2.45) is 5.41 Å². The van der Waals surface area contributed by atoms with Crippen LogP contribution in [0.15, 0.2) is 5.38 Å². The molecule has 0 aliphatic carbocycles. The second-order valence-corrected chi connectivity index (χ2v) is 6.38. The Balaban J connectivity index is 2.52. The van der Waals surface area contributed by atoms with E-state index in [-0.39, 0.29) is 6.54 Å². The summed E-state index contributed by atoms with van der Waals surface area (Å²) in [4.78, 5) is 27.0. The molecular weight excluding hydrogens is 266 g/mol. The molecule has 1 atom stereocenters. The number of aliphatic carboxylic acids is 1. The van der Waals surface area contributed by atoms with Crippen LogP contribution in [0, 0.1) is 12.3 Å². The number of carbonyl (C=O) groups is 2. The second-order valence-electron chi connectivity index (χ2n) is 5.32. The molecule has 2 amide bonds. The maximum absolute atomic E-state index is 11.7. The number of amides is 2. The zero-order chi connectivity index (χ0) is 14.6. The molecule has 0 bridgehead atoms. The van der Waals surface area contributed by atoms with Crippen LogP contribution in [0.25, 0.3) is 0 Å². The second kappa shape index (κ2) is 6.01. The number of nitrogens with zero attached hydrogens (tertiary/aromatic N) is 1. The van der Waals surface area contributed by atoms with Crippen molar-refractivity contribution in [1.29, 1.82) is 0 Å². The Bertz CT molecular complexity index is 465. The van der Waals surface area contributed by atoms with Crippen molar-refractivity contribution in [1.82, 2.24) is 15.6 Å². The Hall–Kier alpha value is -1.63. The van der Waals surface area contributed by atoms with Crippen LogP contribution in [0.3, 0.4) is 0 Å². The smallest absolute Gasteiger partial charge is 0.326 e. The van der Waals surface area contributed by atoms with Crippen molar-refractivity contribution in [2.75, 3.05) is 0 Å². The van der Waals surface area contributed by atoms with E-state index in [9.17, 15) is 9.59 Å². The molecule has 0 aliphatic rings. The van der Waals surface area contributed by atoms with Gasteiger partial charge in [0.15, 0.2) is 0 Å². The molecule has 7 heteroatoms. The molecule has 1 heterocycles.